The number of carbonyl (C=O) groups is 3. The molecule has 2 amide bonds. The van der Waals surface area contributed by atoms with E-state index in [1.54, 1.807) is 40.6 Å². The topological polar surface area (TPSA) is 87.2 Å². The summed E-state index contributed by atoms with van der Waals surface area (Å²) in [5.41, 5.74) is 1.42. The minimum Gasteiger partial charge on any atom is -0.466 e. The molecule has 1 N–H and O–H groups in total. The van der Waals surface area contributed by atoms with Gasteiger partial charge in [0.1, 0.15) is 6.04 Å². The summed E-state index contributed by atoms with van der Waals surface area (Å²) in [4.78, 5) is 44.9. The number of aliphatic hydroxyl groups is 1. The van der Waals surface area contributed by atoms with Crippen molar-refractivity contribution in [2.45, 2.75) is 62.6 Å². The van der Waals surface area contributed by atoms with Crippen LogP contribution in [0.15, 0.2) is 30.9 Å². The molecule has 0 aliphatic carbocycles. The fourth-order valence-corrected chi connectivity index (χ4v) is 8.90. The zero-order valence-electron chi connectivity index (χ0n) is 21.3. The maximum absolute atomic E-state index is 14.6. The molecule has 4 rings (SSSR count). The van der Waals surface area contributed by atoms with E-state index in [4.69, 9.17) is 16.3 Å². The molecule has 1 spiro atoms. The first-order valence-electron chi connectivity index (χ1n) is 12.6. The monoisotopic (exact) mass is 534 g/mol. The van der Waals surface area contributed by atoms with Crippen LogP contribution in [0.5, 0.6) is 0 Å². The number of hydrogen-bond acceptors (Lipinski definition) is 6. The van der Waals surface area contributed by atoms with Gasteiger partial charge in [-0.25, -0.2) is 0 Å². The third-order valence-corrected chi connectivity index (χ3v) is 10.1. The van der Waals surface area contributed by atoms with Crippen LogP contribution < -0.4 is 4.90 Å². The van der Waals surface area contributed by atoms with Crippen LogP contribution in [-0.4, -0.2) is 69.6 Å². The number of esters is 1. The highest BCUT2D eigenvalue weighted by atomic mass is 35.5. The second kappa shape index (κ2) is 10.4. The maximum atomic E-state index is 14.6. The number of fused-ring (bicyclic) bond motifs is 1. The Hall–Kier alpha value is -2.03. The summed E-state index contributed by atoms with van der Waals surface area (Å²) in [5, 5.41) is 10.7. The average Bonchev–Trinajstić information content (AvgIpc) is 3.46. The van der Waals surface area contributed by atoms with Crippen molar-refractivity contribution in [3.05, 3.63) is 41.4 Å². The zero-order chi connectivity index (χ0) is 26.4. The number of rotatable bonds is 9. The summed E-state index contributed by atoms with van der Waals surface area (Å²) >= 11 is 8.17. The van der Waals surface area contributed by atoms with E-state index in [1.807, 2.05) is 32.9 Å². The van der Waals surface area contributed by atoms with Gasteiger partial charge in [-0.2, -0.15) is 0 Å². The van der Waals surface area contributed by atoms with Gasteiger partial charge < -0.3 is 19.6 Å². The Morgan fingerprint density at radius 2 is 2.14 bits per heavy atom. The lowest BCUT2D eigenvalue weighted by atomic mass is 9.71. The number of ether oxygens (including phenoxy) is 1. The molecule has 1 aromatic carbocycles. The molecule has 0 radical (unpaired) electrons. The molecule has 7 nitrogen and oxygen atoms in total. The largest absolute Gasteiger partial charge is 0.466 e. The van der Waals surface area contributed by atoms with E-state index in [1.165, 1.54) is 0 Å². The number of benzene rings is 1. The highest BCUT2D eigenvalue weighted by Gasteiger charge is 2.75. The van der Waals surface area contributed by atoms with Gasteiger partial charge in [-0.1, -0.05) is 43.7 Å². The third-order valence-electron chi connectivity index (χ3n) is 7.88. The van der Waals surface area contributed by atoms with Gasteiger partial charge in [0, 0.05) is 11.8 Å². The van der Waals surface area contributed by atoms with Crippen molar-refractivity contribution in [3.8, 4) is 0 Å². The van der Waals surface area contributed by atoms with E-state index >= 15 is 0 Å². The number of halogens is 1. The first kappa shape index (κ1) is 27.0. The van der Waals surface area contributed by atoms with Gasteiger partial charge in [0.15, 0.2) is 0 Å². The van der Waals surface area contributed by atoms with Gasteiger partial charge in [0.25, 0.3) is 5.91 Å². The molecule has 3 aliphatic rings. The molecule has 3 aliphatic heterocycles. The lowest BCUT2D eigenvalue weighted by Crippen LogP contribution is -2.58. The van der Waals surface area contributed by atoms with Crippen LogP contribution in [-0.2, 0) is 19.1 Å². The highest BCUT2D eigenvalue weighted by Crippen LogP contribution is 2.67. The molecule has 9 heteroatoms. The Morgan fingerprint density at radius 3 is 2.72 bits per heavy atom. The summed E-state index contributed by atoms with van der Waals surface area (Å²) in [6, 6.07) is 4.05. The third kappa shape index (κ3) is 4.05. The minimum absolute atomic E-state index is 0.0722. The van der Waals surface area contributed by atoms with E-state index in [-0.39, 0.29) is 48.7 Å². The Kier molecular flexibility index (Phi) is 7.79. The summed E-state index contributed by atoms with van der Waals surface area (Å²) in [6.07, 6.45) is 3.01. The molecule has 6 atom stereocenters. The zero-order valence-corrected chi connectivity index (χ0v) is 22.8. The normalized spacial score (nSPS) is 29.4. The second-order valence-electron chi connectivity index (χ2n) is 10.2. The first-order valence-corrected chi connectivity index (χ1v) is 13.8. The number of hydrogen-bond donors (Lipinski definition) is 1. The van der Waals surface area contributed by atoms with Crippen LogP contribution in [0.25, 0.3) is 0 Å². The van der Waals surface area contributed by atoms with Crippen LogP contribution in [0.2, 0.25) is 5.02 Å². The molecule has 0 aromatic heterocycles. The predicted octanol–water partition coefficient (Wildman–Crippen LogP) is 3.84. The Morgan fingerprint density at radius 1 is 1.42 bits per heavy atom. The number of nitrogens with zero attached hydrogens (tertiary/aromatic N) is 2. The van der Waals surface area contributed by atoms with Crippen molar-refractivity contribution in [3.63, 3.8) is 0 Å². The van der Waals surface area contributed by atoms with Crippen LogP contribution in [0.3, 0.4) is 0 Å². The molecule has 3 heterocycles. The van der Waals surface area contributed by atoms with Gasteiger partial charge >= 0.3 is 5.97 Å². The van der Waals surface area contributed by atoms with E-state index in [2.05, 4.69) is 6.58 Å². The summed E-state index contributed by atoms with van der Waals surface area (Å²) in [6.45, 7) is 11.5. The Bertz CT molecular complexity index is 1040. The Balaban J connectivity index is 1.87. The minimum atomic E-state index is -0.848. The van der Waals surface area contributed by atoms with E-state index in [0.29, 0.717) is 17.1 Å². The van der Waals surface area contributed by atoms with Gasteiger partial charge in [-0.05, 0) is 44.2 Å². The lowest BCUT2D eigenvalue weighted by Gasteiger charge is -2.41. The van der Waals surface area contributed by atoms with Crippen molar-refractivity contribution in [2.24, 2.45) is 17.8 Å². The molecular weight excluding hydrogens is 500 g/mol. The average molecular weight is 535 g/mol. The lowest BCUT2D eigenvalue weighted by molar-refractivity contribution is -0.154. The molecule has 2 unspecified atom stereocenters. The van der Waals surface area contributed by atoms with Crippen LogP contribution in [0.4, 0.5) is 5.69 Å². The van der Waals surface area contributed by atoms with Crippen molar-refractivity contribution in [1.82, 2.24) is 4.90 Å². The summed E-state index contributed by atoms with van der Waals surface area (Å²) < 4.78 is 4.61. The number of aryl methyl sites for hydroxylation is 1. The molecular formula is C27H35ClN2O5S. The fourth-order valence-electron chi connectivity index (χ4n) is 6.39. The number of likely N-dealkylation sites (tertiary alicyclic amines) is 1. The number of amides is 2. The van der Waals surface area contributed by atoms with E-state index in [9.17, 15) is 19.5 Å². The number of carbonyl (C=O) groups excluding carboxylic acids is 3. The molecule has 196 valence electrons. The maximum Gasteiger partial charge on any atom is 0.310 e. The summed E-state index contributed by atoms with van der Waals surface area (Å²) in [7, 11) is 0. The van der Waals surface area contributed by atoms with Crippen molar-refractivity contribution >= 4 is 46.8 Å². The predicted molar refractivity (Wildman–Crippen MR) is 142 cm³/mol. The number of para-hydroxylation sites is 1. The fraction of sp³-hybridized carbons (Fsp3) is 0.593. The van der Waals surface area contributed by atoms with Crippen LogP contribution in [0.1, 0.15) is 39.2 Å². The number of thioether (sulfide) groups is 1. The van der Waals surface area contributed by atoms with Crippen molar-refractivity contribution < 1.29 is 24.2 Å². The van der Waals surface area contributed by atoms with E-state index < -0.39 is 28.7 Å². The van der Waals surface area contributed by atoms with Crippen LogP contribution in [0, 0.1) is 24.7 Å². The van der Waals surface area contributed by atoms with Crippen molar-refractivity contribution in [2.75, 3.05) is 24.7 Å². The summed E-state index contributed by atoms with van der Waals surface area (Å²) in [5.74, 6) is -2.25. The number of anilines is 1. The quantitative estimate of drug-likeness (QED) is 0.382. The van der Waals surface area contributed by atoms with Gasteiger partial charge in [0.05, 0.1) is 46.5 Å². The SMILES string of the molecule is C=CCN(C(=O)C1N([C@@H](CO)C(C)C)C(=O)[C@@H]2[C@@H](C(=O)OCC)[C@H]3CCC12S3)c1c(C)cccc1Cl. The Labute approximate surface area is 222 Å². The molecule has 3 saturated heterocycles. The smallest absolute Gasteiger partial charge is 0.310 e. The van der Waals surface area contributed by atoms with Gasteiger partial charge in [-0.15, -0.1) is 18.3 Å². The highest BCUT2D eigenvalue weighted by molar-refractivity contribution is 8.02. The van der Waals surface area contributed by atoms with Gasteiger partial charge in [-0.3, -0.25) is 14.4 Å². The van der Waals surface area contributed by atoms with Crippen LogP contribution >= 0.6 is 23.4 Å². The molecule has 0 saturated carbocycles. The molecule has 3 fully saturated rings. The second-order valence-corrected chi connectivity index (χ2v) is 12.2. The molecule has 1 aromatic rings. The number of aliphatic hydroxyl groups excluding tert-OH is 1. The molecule has 36 heavy (non-hydrogen) atoms. The van der Waals surface area contributed by atoms with Gasteiger partial charge in [0.2, 0.25) is 5.91 Å². The first-order chi connectivity index (χ1) is 17.1. The van der Waals surface area contributed by atoms with Crippen molar-refractivity contribution in [1.29, 1.82) is 0 Å². The standard InChI is InChI=1S/C27H35ClN2O5S/c1-6-13-29(22-16(5)9-8-10-17(22)28)25(33)23-27-12-11-19(36-27)20(26(34)35-7-2)21(27)24(32)30(23)18(14-31)15(3)4/h6,8-10,15,18-21,23,31H,1,7,11-14H2,2-5H3/t18-,19+,20-,21-,23?,27?/m0/s1. The molecule has 2 bridgehead atoms. The van der Waals surface area contributed by atoms with E-state index in [0.717, 1.165) is 12.0 Å².